The second-order valence-electron chi connectivity index (χ2n) is 4.41. The van der Waals surface area contributed by atoms with E-state index in [2.05, 4.69) is 22.2 Å². The zero-order chi connectivity index (χ0) is 13.5. The molecular weight excluding hydrogens is 258 g/mol. The molecule has 4 heteroatoms. The van der Waals surface area contributed by atoms with Crippen LogP contribution in [0.2, 0.25) is 5.28 Å². The summed E-state index contributed by atoms with van der Waals surface area (Å²) in [5.41, 5.74) is 2.85. The van der Waals surface area contributed by atoms with Crippen LogP contribution in [0.3, 0.4) is 0 Å². The van der Waals surface area contributed by atoms with Gasteiger partial charge in [-0.25, -0.2) is 9.97 Å². The van der Waals surface area contributed by atoms with Gasteiger partial charge in [0.05, 0.1) is 11.4 Å². The van der Waals surface area contributed by atoms with Crippen LogP contribution >= 0.6 is 11.6 Å². The maximum absolute atomic E-state index is 5.99. The first-order chi connectivity index (χ1) is 9.29. The van der Waals surface area contributed by atoms with Crippen molar-refractivity contribution in [3.05, 3.63) is 47.4 Å². The predicted molar refractivity (Wildman–Crippen MR) is 79.1 cm³/mol. The van der Waals surface area contributed by atoms with E-state index in [9.17, 15) is 0 Å². The molecule has 0 aliphatic carbocycles. The summed E-state index contributed by atoms with van der Waals surface area (Å²) in [6.07, 6.45) is 2.36. The molecule has 0 saturated carbocycles. The van der Waals surface area contributed by atoms with Crippen LogP contribution in [0.5, 0.6) is 0 Å². The van der Waals surface area contributed by atoms with Crippen molar-refractivity contribution in [3.8, 4) is 11.3 Å². The van der Waals surface area contributed by atoms with Crippen LogP contribution in [0.25, 0.3) is 11.3 Å². The van der Waals surface area contributed by atoms with E-state index in [1.54, 1.807) is 0 Å². The molecule has 1 aromatic heterocycles. The molecule has 2 rings (SSSR count). The lowest BCUT2D eigenvalue weighted by Gasteiger charge is -2.06. The zero-order valence-corrected chi connectivity index (χ0v) is 11.8. The normalized spacial score (nSPS) is 10.6. The van der Waals surface area contributed by atoms with Crippen LogP contribution in [-0.2, 0) is 6.54 Å². The van der Waals surface area contributed by atoms with Gasteiger partial charge in [-0.15, -0.1) is 0 Å². The molecule has 1 N–H and O–H groups in total. The summed E-state index contributed by atoms with van der Waals surface area (Å²) in [6, 6.07) is 12.0. The Kier molecular flexibility index (Phi) is 5.31. The summed E-state index contributed by atoms with van der Waals surface area (Å²) in [4.78, 5) is 8.52. The van der Waals surface area contributed by atoms with Gasteiger partial charge >= 0.3 is 0 Å². The summed E-state index contributed by atoms with van der Waals surface area (Å²) in [5.74, 6) is 0. The average Bonchev–Trinajstić information content (AvgIpc) is 2.44. The predicted octanol–water partition coefficient (Wildman–Crippen LogP) is 3.69. The minimum atomic E-state index is 0.300. The third-order valence-corrected chi connectivity index (χ3v) is 3.00. The molecule has 3 nitrogen and oxygen atoms in total. The lowest BCUT2D eigenvalue weighted by molar-refractivity contribution is 0.632. The number of hydrogen-bond donors (Lipinski definition) is 1. The smallest absolute Gasteiger partial charge is 0.223 e. The molecule has 0 atom stereocenters. The maximum Gasteiger partial charge on any atom is 0.223 e. The molecule has 1 aromatic carbocycles. The van der Waals surface area contributed by atoms with E-state index >= 15 is 0 Å². The van der Waals surface area contributed by atoms with Crippen LogP contribution in [0.4, 0.5) is 0 Å². The largest absolute Gasteiger partial charge is 0.311 e. The minimum Gasteiger partial charge on any atom is -0.311 e. The number of halogens is 1. The highest BCUT2D eigenvalue weighted by atomic mass is 35.5. The zero-order valence-electron chi connectivity index (χ0n) is 11.1. The van der Waals surface area contributed by atoms with Gasteiger partial charge in [-0.3, -0.25) is 0 Å². The van der Waals surface area contributed by atoms with E-state index in [4.69, 9.17) is 11.6 Å². The van der Waals surface area contributed by atoms with Crippen molar-refractivity contribution in [2.45, 2.75) is 26.3 Å². The standard InChI is InChI=1S/C15H18ClN3/c1-2-3-9-17-11-13-10-14(19-15(16)18-13)12-7-5-4-6-8-12/h4-8,10,17H,2-3,9,11H2,1H3. The number of nitrogens with zero attached hydrogens (tertiary/aromatic N) is 2. The van der Waals surface area contributed by atoms with Crippen molar-refractivity contribution in [3.63, 3.8) is 0 Å². The molecule has 2 aromatic rings. The maximum atomic E-state index is 5.99. The highest BCUT2D eigenvalue weighted by molar-refractivity contribution is 6.28. The molecule has 0 amide bonds. The molecule has 0 radical (unpaired) electrons. The van der Waals surface area contributed by atoms with E-state index in [-0.39, 0.29) is 0 Å². The fourth-order valence-electron chi connectivity index (χ4n) is 1.83. The Morgan fingerprint density at radius 2 is 1.95 bits per heavy atom. The van der Waals surface area contributed by atoms with Crippen molar-refractivity contribution in [1.82, 2.24) is 15.3 Å². The van der Waals surface area contributed by atoms with Crippen molar-refractivity contribution in [1.29, 1.82) is 0 Å². The van der Waals surface area contributed by atoms with Gasteiger partial charge in [0.2, 0.25) is 5.28 Å². The van der Waals surface area contributed by atoms with Crippen LogP contribution in [0.1, 0.15) is 25.5 Å². The Hall–Kier alpha value is -1.45. The molecule has 0 aliphatic rings. The number of aromatic nitrogens is 2. The molecule has 100 valence electrons. The van der Waals surface area contributed by atoms with Gasteiger partial charge in [-0.05, 0) is 30.6 Å². The van der Waals surface area contributed by atoms with E-state index in [1.165, 1.54) is 12.8 Å². The number of unbranched alkanes of at least 4 members (excludes halogenated alkanes) is 1. The second kappa shape index (κ2) is 7.22. The minimum absolute atomic E-state index is 0.300. The molecule has 0 saturated heterocycles. The Bertz CT molecular complexity index is 514. The average molecular weight is 276 g/mol. The van der Waals surface area contributed by atoms with Gasteiger partial charge in [-0.2, -0.15) is 0 Å². The molecule has 0 bridgehead atoms. The van der Waals surface area contributed by atoms with Crippen LogP contribution in [0, 0.1) is 0 Å². The van der Waals surface area contributed by atoms with Crippen LogP contribution in [-0.4, -0.2) is 16.5 Å². The molecule has 0 spiro atoms. The van der Waals surface area contributed by atoms with Crippen molar-refractivity contribution >= 4 is 11.6 Å². The first-order valence-electron chi connectivity index (χ1n) is 6.59. The highest BCUT2D eigenvalue weighted by Crippen LogP contribution is 2.18. The monoisotopic (exact) mass is 275 g/mol. The first-order valence-corrected chi connectivity index (χ1v) is 6.97. The highest BCUT2D eigenvalue weighted by Gasteiger charge is 2.04. The van der Waals surface area contributed by atoms with Gasteiger partial charge in [0.25, 0.3) is 0 Å². The summed E-state index contributed by atoms with van der Waals surface area (Å²) in [7, 11) is 0. The fraction of sp³-hybridized carbons (Fsp3) is 0.333. The molecular formula is C15H18ClN3. The second-order valence-corrected chi connectivity index (χ2v) is 4.75. The topological polar surface area (TPSA) is 37.8 Å². The number of hydrogen-bond acceptors (Lipinski definition) is 3. The van der Waals surface area contributed by atoms with Crippen molar-refractivity contribution in [2.24, 2.45) is 0 Å². The lowest BCUT2D eigenvalue weighted by Crippen LogP contribution is -2.15. The summed E-state index contributed by atoms with van der Waals surface area (Å²) >= 11 is 5.99. The third-order valence-electron chi connectivity index (χ3n) is 2.83. The lowest BCUT2D eigenvalue weighted by atomic mass is 10.1. The van der Waals surface area contributed by atoms with E-state index < -0.39 is 0 Å². The van der Waals surface area contributed by atoms with Gasteiger partial charge in [0, 0.05) is 12.1 Å². The molecule has 0 unspecified atom stereocenters. The molecule has 1 heterocycles. The Morgan fingerprint density at radius 3 is 2.68 bits per heavy atom. The van der Waals surface area contributed by atoms with Gasteiger partial charge in [-0.1, -0.05) is 43.7 Å². The van der Waals surface area contributed by atoms with Gasteiger partial charge in [0.15, 0.2) is 0 Å². The molecule has 0 aliphatic heterocycles. The van der Waals surface area contributed by atoms with E-state index in [1.807, 2.05) is 36.4 Å². The van der Waals surface area contributed by atoms with Crippen LogP contribution in [0.15, 0.2) is 36.4 Å². The van der Waals surface area contributed by atoms with Crippen molar-refractivity contribution < 1.29 is 0 Å². The van der Waals surface area contributed by atoms with E-state index in [0.717, 1.165) is 30.0 Å². The Balaban J connectivity index is 2.11. The van der Waals surface area contributed by atoms with Crippen molar-refractivity contribution in [2.75, 3.05) is 6.54 Å². The Morgan fingerprint density at radius 1 is 1.16 bits per heavy atom. The summed E-state index contributed by atoms with van der Waals surface area (Å²) < 4.78 is 0. The van der Waals surface area contributed by atoms with Gasteiger partial charge in [0.1, 0.15) is 0 Å². The summed E-state index contributed by atoms with van der Waals surface area (Å²) in [5, 5.41) is 3.66. The molecule has 19 heavy (non-hydrogen) atoms. The van der Waals surface area contributed by atoms with Crippen LogP contribution < -0.4 is 5.32 Å². The number of benzene rings is 1. The first kappa shape index (κ1) is 14.0. The van der Waals surface area contributed by atoms with E-state index in [0.29, 0.717) is 5.28 Å². The quantitative estimate of drug-likeness (QED) is 0.645. The Labute approximate surface area is 119 Å². The number of rotatable bonds is 6. The summed E-state index contributed by atoms with van der Waals surface area (Å²) in [6.45, 7) is 3.90. The third kappa shape index (κ3) is 4.30. The molecule has 0 fully saturated rings. The fourth-order valence-corrected chi connectivity index (χ4v) is 2.03. The SMILES string of the molecule is CCCCNCc1cc(-c2ccccc2)nc(Cl)n1. The number of nitrogens with one attached hydrogen (secondary N) is 1. The van der Waals surface area contributed by atoms with Gasteiger partial charge < -0.3 is 5.32 Å².